The molecule has 0 aliphatic rings. The van der Waals surface area contributed by atoms with Crippen LogP contribution in [0.2, 0.25) is 10.0 Å². The van der Waals surface area contributed by atoms with Crippen LogP contribution in [0.3, 0.4) is 0 Å². The zero-order valence-corrected chi connectivity index (χ0v) is 19.2. The highest BCUT2D eigenvalue weighted by molar-refractivity contribution is 6.35. The van der Waals surface area contributed by atoms with Crippen LogP contribution >= 0.6 is 23.2 Å². The maximum Gasteiger partial charge on any atom is 0.289 e. The summed E-state index contributed by atoms with van der Waals surface area (Å²) in [5.41, 5.74) is 4.09. The molecule has 5 rings (SSSR count). The largest absolute Gasteiger partial charge is 0.410 e. The van der Waals surface area contributed by atoms with Gasteiger partial charge in [-0.1, -0.05) is 40.9 Å². The summed E-state index contributed by atoms with van der Waals surface area (Å²) in [5.74, 6) is -0.134. The van der Waals surface area contributed by atoms with E-state index in [1.165, 1.54) is 0 Å². The Labute approximate surface area is 199 Å². The van der Waals surface area contributed by atoms with Crippen LogP contribution in [0.25, 0.3) is 22.6 Å². The molecule has 2 aromatic carbocycles. The number of carbonyl (C=O) groups is 1. The summed E-state index contributed by atoms with van der Waals surface area (Å²) in [6.07, 6.45) is 3.13. The number of rotatable bonds is 5. The van der Waals surface area contributed by atoms with Gasteiger partial charge in [0.25, 0.3) is 17.6 Å². The summed E-state index contributed by atoms with van der Waals surface area (Å²) in [4.78, 5) is 21.7. The van der Waals surface area contributed by atoms with Crippen molar-refractivity contribution in [3.63, 3.8) is 0 Å². The molecule has 3 aromatic heterocycles. The summed E-state index contributed by atoms with van der Waals surface area (Å²) in [6.45, 7) is 4.35. The standard InChI is InChI=1S/C24H17Cl2N5O2/c1-13-4-7-19-17(10-13)20(14(2)31(19)12-15-5-6-16(25)11-18(15)26)21(32)23-29-30-24(33-23)22-27-8-3-9-28-22/h3-11H,12H2,1-2H3. The van der Waals surface area contributed by atoms with Crippen molar-refractivity contribution in [1.29, 1.82) is 0 Å². The zero-order chi connectivity index (χ0) is 23.1. The molecule has 0 fully saturated rings. The lowest BCUT2D eigenvalue weighted by Gasteiger charge is -2.11. The highest BCUT2D eigenvalue weighted by atomic mass is 35.5. The Morgan fingerprint density at radius 2 is 1.82 bits per heavy atom. The third-order valence-corrected chi connectivity index (χ3v) is 6.01. The zero-order valence-electron chi connectivity index (χ0n) is 17.7. The lowest BCUT2D eigenvalue weighted by atomic mass is 10.0. The van der Waals surface area contributed by atoms with E-state index in [1.807, 2.05) is 38.1 Å². The summed E-state index contributed by atoms with van der Waals surface area (Å²) >= 11 is 12.5. The molecule has 0 atom stereocenters. The van der Waals surface area contributed by atoms with Crippen LogP contribution < -0.4 is 0 Å². The predicted octanol–water partition coefficient (Wildman–Crippen LogP) is 5.68. The summed E-state index contributed by atoms with van der Waals surface area (Å²) in [6, 6.07) is 13.1. The second kappa shape index (κ2) is 8.42. The molecule has 3 heterocycles. The van der Waals surface area contributed by atoms with E-state index in [-0.39, 0.29) is 23.4 Å². The summed E-state index contributed by atoms with van der Waals surface area (Å²) in [5, 5.41) is 9.86. The Bertz CT molecular complexity index is 1510. The second-order valence-corrected chi connectivity index (χ2v) is 8.46. The number of aromatic nitrogens is 5. The topological polar surface area (TPSA) is 86.7 Å². The van der Waals surface area contributed by atoms with Crippen molar-refractivity contribution in [2.45, 2.75) is 20.4 Å². The Kier molecular flexibility index (Phi) is 5.44. The fraction of sp³-hybridized carbons (Fsp3) is 0.125. The monoisotopic (exact) mass is 477 g/mol. The number of fused-ring (bicyclic) bond motifs is 1. The minimum atomic E-state index is -0.362. The summed E-state index contributed by atoms with van der Waals surface area (Å²) < 4.78 is 7.69. The minimum Gasteiger partial charge on any atom is -0.410 e. The molecular formula is C24H17Cl2N5O2. The molecule has 0 unspecified atom stereocenters. The lowest BCUT2D eigenvalue weighted by molar-refractivity contribution is 0.100. The fourth-order valence-electron chi connectivity index (χ4n) is 3.83. The molecule has 9 heteroatoms. The first kappa shape index (κ1) is 21.3. The maximum atomic E-state index is 13.5. The minimum absolute atomic E-state index is 0.0875. The van der Waals surface area contributed by atoms with Crippen LogP contribution in [0.15, 0.2) is 59.3 Å². The van der Waals surface area contributed by atoms with Crippen LogP contribution in [0.1, 0.15) is 33.1 Å². The highest BCUT2D eigenvalue weighted by Crippen LogP contribution is 2.31. The molecule has 33 heavy (non-hydrogen) atoms. The Morgan fingerprint density at radius 1 is 1.03 bits per heavy atom. The van der Waals surface area contributed by atoms with Crippen molar-refractivity contribution >= 4 is 39.9 Å². The molecule has 0 amide bonds. The van der Waals surface area contributed by atoms with E-state index in [9.17, 15) is 4.79 Å². The van der Waals surface area contributed by atoms with E-state index in [0.29, 0.717) is 22.2 Å². The second-order valence-electron chi connectivity index (χ2n) is 7.62. The van der Waals surface area contributed by atoms with Gasteiger partial charge in [0.15, 0.2) is 0 Å². The average Bonchev–Trinajstić information content (AvgIpc) is 3.39. The quantitative estimate of drug-likeness (QED) is 0.302. The van der Waals surface area contributed by atoms with Crippen LogP contribution in [-0.4, -0.2) is 30.5 Å². The fourth-order valence-corrected chi connectivity index (χ4v) is 4.30. The number of hydrogen-bond donors (Lipinski definition) is 0. The number of benzene rings is 2. The van der Waals surface area contributed by atoms with Crippen molar-refractivity contribution in [3.8, 4) is 11.7 Å². The molecule has 0 N–H and O–H groups in total. The van der Waals surface area contributed by atoms with Crippen LogP contribution in [-0.2, 0) is 6.54 Å². The van der Waals surface area contributed by atoms with E-state index in [1.54, 1.807) is 30.6 Å². The molecule has 164 valence electrons. The first-order chi connectivity index (χ1) is 15.9. The number of halogens is 2. The third kappa shape index (κ3) is 3.90. The van der Waals surface area contributed by atoms with Crippen molar-refractivity contribution < 1.29 is 9.21 Å². The average molecular weight is 478 g/mol. The molecule has 0 saturated heterocycles. The smallest absolute Gasteiger partial charge is 0.289 e. The van der Waals surface area contributed by atoms with Crippen LogP contribution in [0.5, 0.6) is 0 Å². The van der Waals surface area contributed by atoms with Gasteiger partial charge in [0, 0.05) is 45.6 Å². The third-order valence-electron chi connectivity index (χ3n) is 5.43. The first-order valence-electron chi connectivity index (χ1n) is 10.1. The number of carbonyl (C=O) groups excluding carboxylic acids is 1. The number of ketones is 1. The van der Waals surface area contributed by atoms with Gasteiger partial charge in [-0.05, 0) is 49.7 Å². The van der Waals surface area contributed by atoms with Gasteiger partial charge in [0.1, 0.15) is 0 Å². The van der Waals surface area contributed by atoms with Crippen molar-refractivity contribution in [3.05, 3.63) is 93.2 Å². The van der Waals surface area contributed by atoms with Crippen LogP contribution in [0.4, 0.5) is 0 Å². The van der Waals surface area contributed by atoms with E-state index >= 15 is 0 Å². The first-order valence-corrected chi connectivity index (χ1v) is 10.9. The predicted molar refractivity (Wildman–Crippen MR) is 126 cm³/mol. The van der Waals surface area contributed by atoms with Crippen molar-refractivity contribution in [2.24, 2.45) is 0 Å². The Hall–Kier alpha value is -3.55. The van der Waals surface area contributed by atoms with Gasteiger partial charge in [-0.2, -0.15) is 0 Å². The maximum absolute atomic E-state index is 13.5. The molecule has 0 saturated carbocycles. The molecule has 0 aliphatic heterocycles. The van der Waals surface area contributed by atoms with Gasteiger partial charge in [0.2, 0.25) is 5.82 Å². The summed E-state index contributed by atoms with van der Waals surface area (Å²) in [7, 11) is 0. The van der Waals surface area contributed by atoms with Gasteiger partial charge in [0.05, 0.1) is 5.56 Å². The Morgan fingerprint density at radius 3 is 2.58 bits per heavy atom. The molecule has 0 aliphatic carbocycles. The van der Waals surface area contributed by atoms with E-state index in [0.717, 1.165) is 27.7 Å². The number of nitrogens with zero attached hydrogens (tertiary/aromatic N) is 5. The van der Waals surface area contributed by atoms with Gasteiger partial charge in [-0.15, -0.1) is 10.2 Å². The number of aryl methyl sites for hydroxylation is 1. The SMILES string of the molecule is Cc1ccc2c(c1)c(C(=O)c1nnc(-c3ncccn3)o1)c(C)n2Cc1ccc(Cl)cc1Cl. The number of hydrogen-bond acceptors (Lipinski definition) is 6. The lowest BCUT2D eigenvalue weighted by Crippen LogP contribution is -2.07. The van der Waals surface area contributed by atoms with Crippen LogP contribution in [0, 0.1) is 13.8 Å². The van der Waals surface area contributed by atoms with Gasteiger partial charge in [-0.25, -0.2) is 9.97 Å². The molecule has 0 spiro atoms. The molecular weight excluding hydrogens is 461 g/mol. The van der Waals surface area contributed by atoms with E-state index in [2.05, 4.69) is 24.7 Å². The molecule has 0 radical (unpaired) electrons. The van der Waals surface area contributed by atoms with Gasteiger partial charge < -0.3 is 8.98 Å². The Balaban J connectivity index is 1.61. The van der Waals surface area contributed by atoms with Gasteiger partial charge >= 0.3 is 0 Å². The van der Waals surface area contributed by atoms with Crippen molar-refractivity contribution in [1.82, 2.24) is 24.7 Å². The normalized spacial score (nSPS) is 11.3. The van der Waals surface area contributed by atoms with E-state index < -0.39 is 0 Å². The molecule has 5 aromatic rings. The highest BCUT2D eigenvalue weighted by Gasteiger charge is 2.26. The van der Waals surface area contributed by atoms with Crippen molar-refractivity contribution in [2.75, 3.05) is 0 Å². The van der Waals surface area contributed by atoms with Gasteiger partial charge in [-0.3, -0.25) is 4.79 Å². The molecule has 0 bridgehead atoms. The van der Waals surface area contributed by atoms with E-state index in [4.69, 9.17) is 27.6 Å². The molecule has 7 nitrogen and oxygen atoms in total.